The van der Waals surface area contributed by atoms with Crippen molar-refractivity contribution in [2.75, 3.05) is 26.4 Å². The molecule has 1 saturated carbocycles. The summed E-state index contributed by atoms with van der Waals surface area (Å²) in [5.74, 6) is 2.21. The summed E-state index contributed by atoms with van der Waals surface area (Å²) in [6.45, 7) is 8.20. The lowest BCUT2D eigenvalue weighted by atomic mass is 9.67. The lowest BCUT2D eigenvalue weighted by molar-refractivity contribution is 0.144. The molecule has 1 aliphatic carbocycles. The molecule has 19 heavy (non-hydrogen) atoms. The molecule has 0 bridgehead atoms. The maximum Gasteiger partial charge on any atom is 0.0667 e. The van der Waals surface area contributed by atoms with E-state index in [4.69, 9.17) is 0 Å². The quantitative estimate of drug-likeness (QED) is 0.736. The Morgan fingerprint density at radius 2 is 2.00 bits per heavy atom. The van der Waals surface area contributed by atoms with Crippen molar-refractivity contribution in [3.63, 3.8) is 0 Å². The lowest BCUT2D eigenvalue weighted by Gasteiger charge is -2.41. The summed E-state index contributed by atoms with van der Waals surface area (Å²) in [6, 6.07) is 2.55. The van der Waals surface area contributed by atoms with Gasteiger partial charge in [-0.3, -0.25) is 0 Å². The number of nitriles is 1. The van der Waals surface area contributed by atoms with Crippen molar-refractivity contribution in [3.05, 3.63) is 0 Å². The van der Waals surface area contributed by atoms with Gasteiger partial charge in [0.05, 0.1) is 12.0 Å². The molecular weight excluding hydrogens is 252 g/mol. The first-order valence-corrected chi connectivity index (χ1v) is 8.61. The van der Waals surface area contributed by atoms with E-state index < -0.39 is 0 Å². The second-order valence-electron chi connectivity index (χ2n) is 6.80. The molecule has 3 atom stereocenters. The minimum Gasteiger partial charge on any atom is -0.309 e. The largest absolute Gasteiger partial charge is 0.309 e. The van der Waals surface area contributed by atoms with Gasteiger partial charge in [-0.05, 0) is 44.7 Å². The zero-order chi connectivity index (χ0) is 14.5. The summed E-state index contributed by atoms with van der Waals surface area (Å²) >= 11 is 2.02. The summed E-state index contributed by atoms with van der Waals surface area (Å²) in [5.41, 5.74) is 0.431. The van der Waals surface area contributed by atoms with Crippen LogP contribution >= 0.6 is 11.8 Å². The Kier molecular flexibility index (Phi) is 6.69. The molecule has 2 nitrogen and oxygen atoms in total. The summed E-state index contributed by atoms with van der Waals surface area (Å²) in [4.78, 5) is 2.23. The van der Waals surface area contributed by atoms with E-state index in [0.717, 1.165) is 24.6 Å². The van der Waals surface area contributed by atoms with E-state index in [-0.39, 0.29) is 5.92 Å². The summed E-state index contributed by atoms with van der Waals surface area (Å²) in [7, 11) is 4.23. The Labute approximate surface area is 123 Å². The third-order valence-electron chi connectivity index (χ3n) is 4.84. The van der Waals surface area contributed by atoms with Crippen LogP contribution in [0.15, 0.2) is 0 Å². The first-order chi connectivity index (χ1) is 8.90. The molecule has 1 fully saturated rings. The van der Waals surface area contributed by atoms with Gasteiger partial charge in [-0.1, -0.05) is 27.2 Å². The lowest BCUT2D eigenvalue weighted by Crippen LogP contribution is -2.34. The van der Waals surface area contributed by atoms with Crippen molar-refractivity contribution < 1.29 is 0 Å². The molecular formula is C16H30N2S. The van der Waals surface area contributed by atoms with Gasteiger partial charge < -0.3 is 4.90 Å². The molecule has 0 saturated heterocycles. The summed E-state index contributed by atoms with van der Waals surface area (Å²) < 4.78 is 0. The number of hydrogen-bond acceptors (Lipinski definition) is 3. The maximum absolute atomic E-state index is 9.34. The van der Waals surface area contributed by atoms with E-state index in [1.807, 2.05) is 11.8 Å². The van der Waals surface area contributed by atoms with Crippen molar-refractivity contribution in [2.24, 2.45) is 17.3 Å². The van der Waals surface area contributed by atoms with Crippen LogP contribution in [0, 0.1) is 28.6 Å². The molecule has 0 aromatic carbocycles. The predicted molar refractivity (Wildman–Crippen MR) is 85.3 cm³/mol. The highest BCUT2D eigenvalue weighted by Crippen LogP contribution is 2.45. The van der Waals surface area contributed by atoms with Gasteiger partial charge >= 0.3 is 0 Å². The number of hydrogen-bond donors (Lipinski definition) is 0. The van der Waals surface area contributed by atoms with Gasteiger partial charge in [0.25, 0.3) is 0 Å². The average molecular weight is 282 g/mol. The molecule has 0 aliphatic heterocycles. The van der Waals surface area contributed by atoms with Crippen LogP contribution in [0.2, 0.25) is 0 Å². The molecule has 1 rings (SSSR count). The number of thioether (sulfide) groups is 1. The Balaban J connectivity index is 2.56. The molecule has 1 aliphatic rings. The zero-order valence-corrected chi connectivity index (χ0v) is 14.1. The van der Waals surface area contributed by atoms with Gasteiger partial charge in [-0.15, -0.1) is 0 Å². The van der Waals surface area contributed by atoms with Crippen LogP contribution in [0.5, 0.6) is 0 Å². The SMILES string of the molecule is CCC(C)(C)C1CCC(C#N)C(SCCN(C)C)C1. The summed E-state index contributed by atoms with van der Waals surface area (Å²) in [5, 5.41) is 9.89. The third-order valence-corrected chi connectivity index (χ3v) is 6.21. The summed E-state index contributed by atoms with van der Waals surface area (Å²) in [6.07, 6.45) is 4.81. The Morgan fingerprint density at radius 1 is 1.32 bits per heavy atom. The first-order valence-electron chi connectivity index (χ1n) is 7.56. The van der Waals surface area contributed by atoms with Crippen LogP contribution in [0.1, 0.15) is 46.5 Å². The minimum atomic E-state index is 0.274. The predicted octanol–water partition coefficient (Wildman–Crippen LogP) is 4.03. The highest BCUT2D eigenvalue weighted by atomic mass is 32.2. The van der Waals surface area contributed by atoms with Gasteiger partial charge in [-0.2, -0.15) is 17.0 Å². The van der Waals surface area contributed by atoms with Gasteiger partial charge in [0.1, 0.15) is 0 Å². The van der Waals surface area contributed by atoms with Crippen molar-refractivity contribution in [3.8, 4) is 6.07 Å². The second-order valence-corrected chi connectivity index (χ2v) is 8.15. The molecule has 3 heteroatoms. The van der Waals surface area contributed by atoms with Gasteiger partial charge in [0.15, 0.2) is 0 Å². The standard InChI is InChI=1S/C16H30N2S/c1-6-16(2,3)14-8-7-13(12-17)15(11-14)19-10-9-18(4)5/h13-15H,6-11H2,1-5H3. The van der Waals surface area contributed by atoms with Crippen LogP contribution in [-0.2, 0) is 0 Å². The minimum absolute atomic E-state index is 0.274. The topological polar surface area (TPSA) is 27.0 Å². The van der Waals surface area contributed by atoms with E-state index in [1.54, 1.807) is 0 Å². The highest BCUT2D eigenvalue weighted by Gasteiger charge is 2.37. The van der Waals surface area contributed by atoms with Crippen LogP contribution in [0.4, 0.5) is 0 Å². The van der Waals surface area contributed by atoms with Crippen molar-refractivity contribution in [1.82, 2.24) is 4.90 Å². The van der Waals surface area contributed by atoms with E-state index in [9.17, 15) is 5.26 Å². The molecule has 0 amide bonds. The molecule has 0 aromatic rings. The van der Waals surface area contributed by atoms with E-state index >= 15 is 0 Å². The van der Waals surface area contributed by atoms with E-state index in [1.165, 1.54) is 19.3 Å². The van der Waals surface area contributed by atoms with Crippen LogP contribution in [0.3, 0.4) is 0 Å². The van der Waals surface area contributed by atoms with Crippen molar-refractivity contribution >= 4 is 11.8 Å². The fourth-order valence-electron chi connectivity index (χ4n) is 2.85. The van der Waals surface area contributed by atoms with Gasteiger partial charge in [0, 0.05) is 17.5 Å². The zero-order valence-electron chi connectivity index (χ0n) is 13.3. The molecule has 3 unspecified atom stereocenters. The molecule has 110 valence electrons. The maximum atomic E-state index is 9.34. The molecule has 0 spiro atoms. The Morgan fingerprint density at radius 3 is 2.53 bits per heavy atom. The molecule has 0 radical (unpaired) electrons. The fraction of sp³-hybridized carbons (Fsp3) is 0.938. The third kappa shape index (κ3) is 5.00. The number of nitrogens with zero attached hydrogens (tertiary/aromatic N) is 2. The molecule has 0 heterocycles. The number of rotatable bonds is 6. The first kappa shape index (κ1) is 16.9. The molecule has 0 N–H and O–H groups in total. The smallest absolute Gasteiger partial charge is 0.0667 e. The van der Waals surface area contributed by atoms with Crippen LogP contribution in [-0.4, -0.2) is 36.5 Å². The monoisotopic (exact) mass is 282 g/mol. The van der Waals surface area contributed by atoms with Gasteiger partial charge in [-0.25, -0.2) is 0 Å². The van der Waals surface area contributed by atoms with Crippen LogP contribution < -0.4 is 0 Å². The Hall–Kier alpha value is -0.200. The second kappa shape index (κ2) is 7.55. The average Bonchev–Trinajstić information content (AvgIpc) is 2.38. The van der Waals surface area contributed by atoms with Gasteiger partial charge in [0.2, 0.25) is 0 Å². The van der Waals surface area contributed by atoms with E-state index in [0.29, 0.717) is 10.7 Å². The Bertz CT molecular complexity index is 306. The highest BCUT2D eigenvalue weighted by molar-refractivity contribution is 7.99. The fourth-order valence-corrected chi connectivity index (χ4v) is 4.42. The normalized spacial score (nSPS) is 28.4. The van der Waals surface area contributed by atoms with E-state index in [2.05, 4.69) is 45.8 Å². The van der Waals surface area contributed by atoms with Crippen LogP contribution in [0.25, 0.3) is 0 Å². The van der Waals surface area contributed by atoms with Crippen molar-refractivity contribution in [1.29, 1.82) is 5.26 Å². The molecule has 0 aromatic heterocycles. The van der Waals surface area contributed by atoms with Crippen molar-refractivity contribution in [2.45, 2.75) is 51.7 Å².